The van der Waals surface area contributed by atoms with Crippen molar-refractivity contribution in [2.75, 3.05) is 7.11 Å². The lowest BCUT2D eigenvalue weighted by Gasteiger charge is -2.23. The quantitative estimate of drug-likeness (QED) is 0.383. The molecule has 0 N–H and O–H groups in total. The van der Waals surface area contributed by atoms with Crippen molar-refractivity contribution >= 4 is 14.4 Å². The molecule has 1 unspecified atom stereocenters. The Bertz CT molecular complexity index is 191. The molecule has 15 heavy (non-hydrogen) atoms. The summed E-state index contributed by atoms with van der Waals surface area (Å²) in [5, 5.41) is 0. The molecule has 0 bridgehead atoms. The van der Waals surface area contributed by atoms with Gasteiger partial charge in [-0.05, 0) is 18.1 Å². The van der Waals surface area contributed by atoms with Gasteiger partial charge in [-0.15, -0.1) is 0 Å². The lowest BCUT2D eigenvalue weighted by atomic mass is 10.2. The van der Waals surface area contributed by atoms with Crippen molar-refractivity contribution in [1.82, 2.24) is 0 Å². The fourth-order valence-electron chi connectivity index (χ4n) is 2.06. The fourth-order valence-corrected chi connectivity index (χ4v) is 5.77. The average Bonchev–Trinajstić information content (AvgIpc) is 2.16. The Labute approximate surface area is 93.4 Å². The minimum absolute atomic E-state index is 0.281. The van der Waals surface area contributed by atoms with Crippen LogP contribution < -0.4 is 0 Å². The molecule has 1 atom stereocenters. The number of hydrogen-bond acceptors (Lipinski definition) is 2. The third kappa shape index (κ3) is 5.30. The Balaban J connectivity index is 4.32. The van der Waals surface area contributed by atoms with Crippen molar-refractivity contribution in [3.8, 4) is 0 Å². The van der Waals surface area contributed by atoms with Gasteiger partial charge in [-0.25, -0.2) is 0 Å². The number of hydrogen-bond donors (Lipinski definition) is 0. The van der Waals surface area contributed by atoms with Gasteiger partial charge >= 0.3 is 5.97 Å². The maximum atomic E-state index is 14.5. The second-order valence-corrected chi connectivity index (χ2v) is 7.99. The monoisotopic (exact) mass is 234 g/mol. The second-order valence-electron chi connectivity index (χ2n) is 4.28. The Hall–Kier alpha value is -0.383. The van der Waals surface area contributed by atoms with Crippen LogP contribution in [0.1, 0.15) is 33.6 Å². The lowest BCUT2D eigenvalue weighted by Crippen LogP contribution is -2.32. The SMILES string of the molecule is CCC[Si](F)(CCC)CC(C)C(=O)OC. The van der Waals surface area contributed by atoms with Crippen molar-refractivity contribution in [3.05, 3.63) is 0 Å². The summed E-state index contributed by atoms with van der Waals surface area (Å²) in [7, 11) is -1.33. The summed E-state index contributed by atoms with van der Waals surface area (Å²) in [5.41, 5.74) is 0. The molecule has 0 fully saturated rings. The van der Waals surface area contributed by atoms with E-state index in [0.29, 0.717) is 18.1 Å². The topological polar surface area (TPSA) is 26.3 Å². The van der Waals surface area contributed by atoms with Crippen LogP contribution in [0, 0.1) is 5.92 Å². The van der Waals surface area contributed by atoms with Crippen LogP contribution in [0.5, 0.6) is 0 Å². The van der Waals surface area contributed by atoms with Crippen molar-refractivity contribution in [2.45, 2.75) is 51.7 Å². The van der Waals surface area contributed by atoms with Gasteiger partial charge in [-0.1, -0.05) is 33.6 Å². The third-order valence-electron chi connectivity index (χ3n) is 2.67. The number of methoxy groups -OCH3 is 1. The van der Waals surface area contributed by atoms with Gasteiger partial charge in [0.2, 0.25) is 8.41 Å². The fraction of sp³-hybridized carbons (Fsp3) is 0.909. The van der Waals surface area contributed by atoms with Crippen LogP contribution in [0.25, 0.3) is 0 Å². The average molecular weight is 234 g/mol. The van der Waals surface area contributed by atoms with Gasteiger partial charge in [0.1, 0.15) is 0 Å². The summed E-state index contributed by atoms with van der Waals surface area (Å²) in [6.07, 6.45) is 1.74. The molecule has 0 aromatic rings. The van der Waals surface area contributed by atoms with Crippen molar-refractivity contribution in [3.63, 3.8) is 0 Å². The highest BCUT2D eigenvalue weighted by Crippen LogP contribution is 2.29. The molecule has 90 valence electrons. The smallest absolute Gasteiger partial charge is 0.308 e. The molecule has 0 aliphatic heterocycles. The summed E-state index contributed by atoms with van der Waals surface area (Å²) in [4.78, 5) is 11.2. The number of carbonyl (C=O) groups is 1. The molecule has 0 saturated carbocycles. The second kappa shape index (κ2) is 6.98. The molecular formula is C11H23FO2Si. The Morgan fingerprint density at radius 1 is 1.33 bits per heavy atom. The van der Waals surface area contributed by atoms with Gasteiger partial charge in [-0.3, -0.25) is 4.79 Å². The van der Waals surface area contributed by atoms with E-state index in [9.17, 15) is 8.90 Å². The molecule has 0 aliphatic carbocycles. The van der Waals surface area contributed by atoms with Crippen LogP contribution in [0.2, 0.25) is 18.1 Å². The van der Waals surface area contributed by atoms with E-state index >= 15 is 0 Å². The maximum absolute atomic E-state index is 14.5. The molecule has 0 heterocycles. The Kier molecular flexibility index (Phi) is 6.81. The molecule has 2 nitrogen and oxygen atoms in total. The molecule has 0 radical (unpaired) electrons. The maximum Gasteiger partial charge on any atom is 0.308 e. The number of halogens is 1. The summed E-state index contributed by atoms with van der Waals surface area (Å²) < 4.78 is 19.1. The first kappa shape index (κ1) is 14.6. The predicted molar refractivity (Wildman–Crippen MR) is 63.0 cm³/mol. The van der Waals surface area contributed by atoms with Crippen LogP contribution in [0.4, 0.5) is 4.11 Å². The number of ether oxygens (including phenoxy) is 1. The van der Waals surface area contributed by atoms with E-state index in [0.717, 1.165) is 12.8 Å². The Morgan fingerprint density at radius 3 is 2.13 bits per heavy atom. The number of rotatable bonds is 7. The van der Waals surface area contributed by atoms with Crippen LogP contribution >= 0.6 is 0 Å². The summed E-state index contributed by atoms with van der Waals surface area (Å²) in [6, 6.07) is 1.76. The Morgan fingerprint density at radius 2 is 1.80 bits per heavy atom. The zero-order chi connectivity index (χ0) is 11.9. The van der Waals surface area contributed by atoms with Gasteiger partial charge in [0.25, 0.3) is 0 Å². The largest absolute Gasteiger partial charge is 0.469 e. The summed E-state index contributed by atoms with van der Waals surface area (Å²) in [5.74, 6) is -0.568. The van der Waals surface area contributed by atoms with Gasteiger partial charge in [-0.2, -0.15) is 0 Å². The first-order valence-corrected chi connectivity index (χ1v) is 8.25. The molecule has 0 spiro atoms. The standard InChI is InChI=1S/C11H23FO2Si/c1-5-7-15(12,8-6-2)9-10(3)11(13)14-4/h10H,5-9H2,1-4H3. The van der Waals surface area contributed by atoms with Crippen LogP contribution in [0.3, 0.4) is 0 Å². The van der Waals surface area contributed by atoms with E-state index in [-0.39, 0.29) is 11.9 Å². The minimum atomic E-state index is -2.69. The zero-order valence-corrected chi connectivity index (χ0v) is 11.3. The molecule has 0 rings (SSSR count). The lowest BCUT2D eigenvalue weighted by molar-refractivity contribution is -0.144. The van der Waals surface area contributed by atoms with Crippen molar-refractivity contribution in [1.29, 1.82) is 0 Å². The van der Waals surface area contributed by atoms with E-state index in [1.807, 2.05) is 13.8 Å². The van der Waals surface area contributed by atoms with Crippen LogP contribution in [-0.4, -0.2) is 21.5 Å². The molecule has 0 aromatic heterocycles. The first-order valence-electron chi connectivity index (χ1n) is 5.75. The van der Waals surface area contributed by atoms with Gasteiger partial charge in [0.15, 0.2) is 0 Å². The van der Waals surface area contributed by atoms with Gasteiger partial charge in [0.05, 0.1) is 13.0 Å². The number of carbonyl (C=O) groups excluding carboxylic acids is 1. The first-order chi connectivity index (χ1) is 6.99. The van der Waals surface area contributed by atoms with Crippen molar-refractivity contribution in [2.24, 2.45) is 5.92 Å². The summed E-state index contributed by atoms with van der Waals surface area (Å²) >= 11 is 0. The van der Waals surface area contributed by atoms with E-state index < -0.39 is 8.41 Å². The molecule has 0 aliphatic rings. The highest BCUT2D eigenvalue weighted by molar-refractivity contribution is 6.73. The molecule has 4 heteroatoms. The third-order valence-corrected chi connectivity index (χ3v) is 6.81. The molecule has 0 amide bonds. The normalized spacial score (nSPS) is 13.7. The zero-order valence-electron chi connectivity index (χ0n) is 10.3. The summed E-state index contributed by atoms with van der Waals surface area (Å²) in [6.45, 7) is 5.76. The van der Waals surface area contributed by atoms with E-state index in [4.69, 9.17) is 0 Å². The van der Waals surface area contributed by atoms with E-state index in [1.165, 1.54) is 7.11 Å². The molecule has 0 aromatic carbocycles. The highest BCUT2D eigenvalue weighted by Gasteiger charge is 2.36. The van der Waals surface area contributed by atoms with Crippen molar-refractivity contribution < 1.29 is 13.6 Å². The van der Waals surface area contributed by atoms with Crippen LogP contribution in [-0.2, 0) is 9.53 Å². The molecule has 0 saturated heterocycles. The predicted octanol–water partition coefficient (Wildman–Crippen LogP) is 3.53. The minimum Gasteiger partial charge on any atom is -0.469 e. The number of esters is 1. The highest BCUT2D eigenvalue weighted by atomic mass is 28.4. The van der Waals surface area contributed by atoms with E-state index in [1.54, 1.807) is 6.92 Å². The van der Waals surface area contributed by atoms with Gasteiger partial charge < -0.3 is 8.84 Å². The van der Waals surface area contributed by atoms with E-state index in [2.05, 4.69) is 4.74 Å². The molecular weight excluding hydrogens is 211 g/mol. The van der Waals surface area contributed by atoms with Crippen LogP contribution in [0.15, 0.2) is 0 Å². The van der Waals surface area contributed by atoms with Gasteiger partial charge in [0, 0.05) is 0 Å².